The number of nitrogens with zero attached hydrogens (tertiary/aromatic N) is 2. The van der Waals surface area contributed by atoms with Crippen molar-refractivity contribution < 1.29 is 0 Å². The molecule has 0 saturated heterocycles. The second-order valence-corrected chi connectivity index (χ2v) is 4.97. The first-order valence-electron chi connectivity index (χ1n) is 6.84. The van der Waals surface area contributed by atoms with Crippen molar-refractivity contribution in [2.24, 2.45) is 0 Å². The predicted molar refractivity (Wildman–Crippen MR) is 83.1 cm³/mol. The summed E-state index contributed by atoms with van der Waals surface area (Å²) in [7, 11) is 0. The smallest absolute Gasteiger partial charge is 0.189 e. The van der Waals surface area contributed by atoms with Crippen LogP contribution in [0.5, 0.6) is 0 Å². The molecule has 0 aliphatic carbocycles. The van der Waals surface area contributed by atoms with Gasteiger partial charge in [-0.25, -0.2) is 4.85 Å². The maximum absolute atomic E-state index is 7.12. The number of hydrogen-bond acceptors (Lipinski definition) is 0. The van der Waals surface area contributed by atoms with Gasteiger partial charge in [-0.1, -0.05) is 43.3 Å². The van der Waals surface area contributed by atoms with Crippen LogP contribution in [0, 0.1) is 6.57 Å². The van der Waals surface area contributed by atoms with E-state index in [9.17, 15) is 0 Å². The average molecular weight is 260 g/mol. The lowest BCUT2D eigenvalue weighted by atomic mass is 10.1. The van der Waals surface area contributed by atoms with Gasteiger partial charge in [-0.3, -0.25) is 0 Å². The molecular formula is C18H16N2. The summed E-state index contributed by atoms with van der Waals surface area (Å²) >= 11 is 0. The van der Waals surface area contributed by atoms with Gasteiger partial charge >= 0.3 is 0 Å². The molecule has 0 N–H and O–H groups in total. The van der Waals surface area contributed by atoms with Crippen molar-refractivity contribution in [2.75, 3.05) is 0 Å². The highest BCUT2D eigenvalue weighted by Crippen LogP contribution is 2.23. The van der Waals surface area contributed by atoms with Gasteiger partial charge in [0.2, 0.25) is 0 Å². The molecule has 2 aromatic carbocycles. The van der Waals surface area contributed by atoms with E-state index >= 15 is 0 Å². The Morgan fingerprint density at radius 3 is 2.45 bits per heavy atom. The van der Waals surface area contributed by atoms with Crippen LogP contribution in [0.3, 0.4) is 0 Å². The molecule has 1 heterocycles. The van der Waals surface area contributed by atoms with Crippen LogP contribution in [0.2, 0.25) is 0 Å². The first-order valence-corrected chi connectivity index (χ1v) is 6.84. The van der Waals surface area contributed by atoms with Crippen LogP contribution in [0.4, 0.5) is 5.69 Å². The minimum absolute atomic E-state index is 0.693. The Morgan fingerprint density at radius 2 is 1.75 bits per heavy atom. The minimum Gasteiger partial charge on any atom is -0.344 e. The van der Waals surface area contributed by atoms with E-state index in [0.29, 0.717) is 5.69 Å². The second-order valence-electron chi connectivity index (χ2n) is 4.97. The van der Waals surface area contributed by atoms with Crippen molar-refractivity contribution in [2.45, 2.75) is 19.9 Å². The number of rotatable bonds is 3. The molecule has 0 aliphatic heterocycles. The van der Waals surface area contributed by atoms with Gasteiger partial charge in [0, 0.05) is 18.3 Å². The van der Waals surface area contributed by atoms with Crippen LogP contribution < -0.4 is 0 Å². The third-order valence-corrected chi connectivity index (χ3v) is 3.67. The molecular weight excluding hydrogens is 244 g/mol. The van der Waals surface area contributed by atoms with E-state index in [1.165, 1.54) is 16.5 Å². The number of aryl methyl sites for hydroxylation is 1. The SMILES string of the molecule is [C-]#[N+]c1ccc2ccn(Cc3ccc(CC)cc3)c2c1. The Bertz CT molecular complexity index is 773. The summed E-state index contributed by atoms with van der Waals surface area (Å²) < 4.78 is 2.20. The van der Waals surface area contributed by atoms with Gasteiger partial charge in [0.15, 0.2) is 5.69 Å². The van der Waals surface area contributed by atoms with Crippen molar-refractivity contribution in [3.05, 3.63) is 77.3 Å². The standard InChI is InChI=1S/C18H16N2/c1-3-14-4-6-15(7-5-14)13-20-11-10-16-8-9-17(19-2)12-18(16)20/h4-12H,3,13H2,1H3. The second kappa shape index (κ2) is 5.22. The molecule has 1 aromatic heterocycles. The molecule has 2 nitrogen and oxygen atoms in total. The molecule has 0 amide bonds. The van der Waals surface area contributed by atoms with Gasteiger partial charge in [-0.15, -0.1) is 0 Å². The monoisotopic (exact) mass is 260 g/mol. The molecule has 20 heavy (non-hydrogen) atoms. The third kappa shape index (κ3) is 2.31. The van der Waals surface area contributed by atoms with Gasteiger partial charge in [0.05, 0.1) is 6.57 Å². The zero-order valence-corrected chi connectivity index (χ0v) is 11.5. The van der Waals surface area contributed by atoms with E-state index in [4.69, 9.17) is 6.57 Å². The summed E-state index contributed by atoms with van der Waals surface area (Å²) in [6.07, 6.45) is 3.16. The van der Waals surface area contributed by atoms with Crippen LogP contribution in [0.15, 0.2) is 54.7 Å². The van der Waals surface area contributed by atoms with Gasteiger partial charge in [-0.2, -0.15) is 0 Å². The molecule has 0 aliphatic rings. The van der Waals surface area contributed by atoms with Crippen LogP contribution >= 0.6 is 0 Å². The molecule has 0 radical (unpaired) electrons. The Balaban J connectivity index is 1.95. The van der Waals surface area contributed by atoms with E-state index in [0.717, 1.165) is 18.5 Å². The van der Waals surface area contributed by atoms with E-state index in [1.54, 1.807) is 0 Å². The lowest BCUT2D eigenvalue weighted by Crippen LogP contribution is -1.97. The van der Waals surface area contributed by atoms with Gasteiger partial charge in [-0.05, 0) is 35.1 Å². The average Bonchev–Trinajstić information content (AvgIpc) is 2.90. The normalized spacial score (nSPS) is 10.6. The van der Waals surface area contributed by atoms with E-state index in [2.05, 4.69) is 52.9 Å². The molecule has 0 spiro atoms. The Kier molecular flexibility index (Phi) is 3.26. The fourth-order valence-corrected chi connectivity index (χ4v) is 2.46. The molecule has 0 fully saturated rings. The summed E-state index contributed by atoms with van der Waals surface area (Å²) in [6.45, 7) is 10.1. The lowest BCUT2D eigenvalue weighted by molar-refractivity contribution is 0.836. The Hall–Kier alpha value is -2.53. The Morgan fingerprint density at radius 1 is 1.00 bits per heavy atom. The highest BCUT2D eigenvalue weighted by Gasteiger charge is 2.03. The summed E-state index contributed by atoms with van der Waals surface area (Å²) in [5.74, 6) is 0. The molecule has 98 valence electrons. The number of hydrogen-bond donors (Lipinski definition) is 0. The molecule has 0 atom stereocenters. The maximum Gasteiger partial charge on any atom is 0.189 e. The minimum atomic E-state index is 0.693. The van der Waals surface area contributed by atoms with Crippen molar-refractivity contribution in [1.82, 2.24) is 4.57 Å². The fourth-order valence-electron chi connectivity index (χ4n) is 2.46. The van der Waals surface area contributed by atoms with Gasteiger partial charge < -0.3 is 4.57 Å². The van der Waals surface area contributed by atoms with Gasteiger partial charge in [0.1, 0.15) is 0 Å². The Labute approximate surface area is 119 Å². The van der Waals surface area contributed by atoms with Crippen LogP contribution in [0.25, 0.3) is 15.7 Å². The quantitative estimate of drug-likeness (QED) is 0.598. The predicted octanol–water partition coefficient (Wildman–Crippen LogP) is 4.80. The summed E-state index contributed by atoms with van der Waals surface area (Å²) in [5.41, 5.74) is 4.46. The lowest BCUT2D eigenvalue weighted by Gasteiger charge is -2.07. The molecule has 0 bridgehead atoms. The first-order chi connectivity index (χ1) is 9.80. The third-order valence-electron chi connectivity index (χ3n) is 3.67. The van der Waals surface area contributed by atoms with E-state index < -0.39 is 0 Å². The van der Waals surface area contributed by atoms with Crippen molar-refractivity contribution in [1.29, 1.82) is 0 Å². The van der Waals surface area contributed by atoms with Crippen LogP contribution in [-0.4, -0.2) is 4.57 Å². The largest absolute Gasteiger partial charge is 0.344 e. The van der Waals surface area contributed by atoms with E-state index in [-0.39, 0.29) is 0 Å². The summed E-state index contributed by atoms with van der Waals surface area (Å²) in [6, 6.07) is 16.7. The molecule has 0 saturated carbocycles. The molecule has 0 unspecified atom stereocenters. The zero-order chi connectivity index (χ0) is 13.9. The highest BCUT2D eigenvalue weighted by atomic mass is 15.0. The van der Waals surface area contributed by atoms with Crippen molar-refractivity contribution in [3.63, 3.8) is 0 Å². The highest BCUT2D eigenvalue weighted by molar-refractivity contribution is 5.83. The topological polar surface area (TPSA) is 9.29 Å². The van der Waals surface area contributed by atoms with Crippen molar-refractivity contribution >= 4 is 16.6 Å². The number of benzene rings is 2. The van der Waals surface area contributed by atoms with Gasteiger partial charge in [0.25, 0.3) is 0 Å². The number of fused-ring (bicyclic) bond motifs is 1. The summed E-state index contributed by atoms with van der Waals surface area (Å²) in [5, 5.41) is 1.18. The summed E-state index contributed by atoms with van der Waals surface area (Å²) in [4.78, 5) is 3.51. The fraction of sp³-hybridized carbons (Fsp3) is 0.167. The van der Waals surface area contributed by atoms with Crippen molar-refractivity contribution in [3.8, 4) is 0 Å². The number of aromatic nitrogens is 1. The molecule has 3 aromatic rings. The van der Waals surface area contributed by atoms with Crippen LogP contribution in [-0.2, 0) is 13.0 Å². The van der Waals surface area contributed by atoms with E-state index in [1.807, 2.05) is 18.2 Å². The molecule has 3 rings (SSSR count). The maximum atomic E-state index is 7.12. The first kappa shape index (κ1) is 12.5. The zero-order valence-electron chi connectivity index (χ0n) is 11.5. The molecule has 2 heteroatoms. The van der Waals surface area contributed by atoms with Crippen LogP contribution in [0.1, 0.15) is 18.1 Å².